The van der Waals surface area contributed by atoms with Crippen LogP contribution in [0.15, 0.2) is 23.6 Å². The molecule has 0 atom stereocenters. The fourth-order valence-electron chi connectivity index (χ4n) is 1.58. The zero-order valence-electron chi connectivity index (χ0n) is 9.46. The van der Waals surface area contributed by atoms with Crippen LogP contribution in [-0.4, -0.2) is 27.1 Å². The van der Waals surface area contributed by atoms with E-state index in [2.05, 4.69) is 15.3 Å². The van der Waals surface area contributed by atoms with Gasteiger partial charge < -0.3 is 10.4 Å². The third-order valence-electron chi connectivity index (χ3n) is 2.62. The second kappa shape index (κ2) is 4.38. The predicted molar refractivity (Wildman–Crippen MR) is 68.9 cm³/mol. The lowest BCUT2D eigenvalue weighted by atomic mass is 10.3. The van der Waals surface area contributed by atoms with Gasteiger partial charge in [0.2, 0.25) is 0 Å². The van der Waals surface area contributed by atoms with Crippen molar-refractivity contribution in [2.24, 2.45) is 0 Å². The highest BCUT2D eigenvalue weighted by atomic mass is 32.1. The van der Waals surface area contributed by atoms with Crippen LogP contribution < -0.4 is 5.32 Å². The summed E-state index contributed by atoms with van der Waals surface area (Å²) in [6, 6.07) is 5.69. The summed E-state index contributed by atoms with van der Waals surface area (Å²) in [5, 5.41) is 14.2. The van der Waals surface area contributed by atoms with Crippen molar-refractivity contribution >= 4 is 23.1 Å². The number of nitrogens with zero attached hydrogens (tertiary/aromatic N) is 2. The summed E-state index contributed by atoms with van der Waals surface area (Å²) in [5.74, 6) is 0.0235. The second-order valence-electron chi connectivity index (χ2n) is 4.16. The SMILES string of the molecule is O=C(O)c1cc(NC2CC2)nc(-c2cccs2)n1. The van der Waals surface area contributed by atoms with Crippen molar-refractivity contribution in [3.05, 3.63) is 29.3 Å². The van der Waals surface area contributed by atoms with Gasteiger partial charge in [-0.05, 0) is 24.3 Å². The Morgan fingerprint density at radius 3 is 2.89 bits per heavy atom. The van der Waals surface area contributed by atoms with Crippen LogP contribution in [0, 0.1) is 0 Å². The Hall–Kier alpha value is -1.95. The van der Waals surface area contributed by atoms with E-state index in [0.717, 1.165) is 17.7 Å². The molecule has 0 spiro atoms. The van der Waals surface area contributed by atoms with Gasteiger partial charge in [0.1, 0.15) is 5.82 Å². The van der Waals surface area contributed by atoms with E-state index in [1.807, 2.05) is 17.5 Å². The topological polar surface area (TPSA) is 75.1 Å². The molecule has 18 heavy (non-hydrogen) atoms. The molecule has 0 unspecified atom stereocenters. The zero-order valence-corrected chi connectivity index (χ0v) is 10.3. The van der Waals surface area contributed by atoms with E-state index in [9.17, 15) is 4.79 Å². The summed E-state index contributed by atoms with van der Waals surface area (Å²) in [6.45, 7) is 0. The van der Waals surface area contributed by atoms with Crippen LogP contribution in [0.1, 0.15) is 23.3 Å². The third kappa shape index (κ3) is 2.33. The molecule has 1 aliphatic carbocycles. The molecular formula is C12H11N3O2S. The van der Waals surface area contributed by atoms with Crippen LogP contribution in [0.2, 0.25) is 0 Å². The van der Waals surface area contributed by atoms with E-state index < -0.39 is 5.97 Å². The van der Waals surface area contributed by atoms with Crippen molar-refractivity contribution in [2.45, 2.75) is 18.9 Å². The van der Waals surface area contributed by atoms with E-state index in [1.54, 1.807) is 0 Å². The van der Waals surface area contributed by atoms with Crippen molar-refractivity contribution in [3.63, 3.8) is 0 Å². The van der Waals surface area contributed by atoms with E-state index in [1.165, 1.54) is 17.4 Å². The van der Waals surface area contributed by atoms with Gasteiger partial charge in [-0.2, -0.15) is 0 Å². The Bertz CT molecular complexity index is 579. The summed E-state index contributed by atoms with van der Waals surface area (Å²) in [6.07, 6.45) is 2.22. The standard InChI is InChI=1S/C12H11N3O2S/c16-12(17)8-6-10(13-7-3-4-7)15-11(14-8)9-2-1-5-18-9/h1-2,5-7H,3-4H2,(H,16,17)(H,13,14,15). The first kappa shape index (κ1) is 11.2. The molecule has 0 amide bonds. The van der Waals surface area contributed by atoms with Gasteiger partial charge in [0.15, 0.2) is 11.5 Å². The molecular weight excluding hydrogens is 250 g/mol. The Labute approximate surface area is 108 Å². The zero-order chi connectivity index (χ0) is 12.5. The van der Waals surface area contributed by atoms with Gasteiger partial charge in [-0.3, -0.25) is 0 Å². The lowest BCUT2D eigenvalue weighted by Gasteiger charge is -2.06. The number of hydrogen-bond donors (Lipinski definition) is 2. The molecule has 0 saturated heterocycles. The summed E-state index contributed by atoms with van der Waals surface area (Å²) in [5.41, 5.74) is 0.0246. The molecule has 0 aromatic carbocycles. The number of rotatable bonds is 4. The molecule has 6 heteroatoms. The number of hydrogen-bond acceptors (Lipinski definition) is 5. The summed E-state index contributed by atoms with van der Waals surface area (Å²) >= 11 is 1.49. The van der Waals surface area contributed by atoms with Gasteiger partial charge in [0.25, 0.3) is 0 Å². The molecule has 2 N–H and O–H groups in total. The monoisotopic (exact) mass is 261 g/mol. The van der Waals surface area contributed by atoms with Gasteiger partial charge in [-0.1, -0.05) is 6.07 Å². The van der Waals surface area contributed by atoms with Crippen molar-refractivity contribution in [1.29, 1.82) is 0 Å². The third-order valence-corrected chi connectivity index (χ3v) is 3.48. The molecule has 3 rings (SSSR count). The molecule has 1 aliphatic rings. The summed E-state index contributed by atoms with van der Waals surface area (Å²) < 4.78 is 0. The molecule has 0 aliphatic heterocycles. The number of thiophene rings is 1. The minimum absolute atomic E-state index is 0.0246. The second-order valence-corrected chi connectivity index (χ2v) is 5.11. The first-order chi connectivity index (χ1) is 8.72. The smallest absolute Gasteiger partial charge is 0.354 e. The highest BCUT2D eigenvalue weighted by molar-refractivity contribution is 7.13. The molecule has 2 aromatic rings. The van der Waals surface area contributed by atoms with E-state index in [-0.39, 0.29) is 5.69 Å². The Kier molecular flexibility index (Phi) is 2.71. The number of carboxylic acid groups (broad SMARTS) is 1. The summed E-state index contributed by atoms with van der Waals surface area (Å²) in [7, 11) is 0. The fraction of sp³-hybridized carbons (Fsp3) is 0.250. The van der Waals surface area contributed by atoms with Gasteiger partial charge in [-0.25, -0.2) is 14.8 Å². The Morgan fingerprint density at radius 2 is 2.28 bits per heavy atom. The van der Waals surface area contributed by atoms with E-state index in [0.29, 0.717) is 17.7 Å². The number of aromatic nitrogens is 2. The quantitative estimate of drug-likeness (QED) is 0.884. The van der Waals surface area contributed by atoms with Crippen molar-refractivity contribution in [2.75, 3.05) is 5.32 Å². The average Bonchev–Trinajstić information content (AvgIpc) is 2.99. The van der Waals surface area contributed by atoms with E-state index in [4.69, 9.17) is 5.11 Å². The summed E-state index contributed by atoms with van der Waals surface area (Å²) in [4.78, 5) is 20.4. The highest BCUT2D eigenvalue weighted by Gasteiger charge is 2.22. The molecule has 2 aromatic heterocycles. The maximum absolute atomic E-state index is 11.1. The highest BCUT2D eigenvalue weighted by Crippen LogP contribution is 2.27. The normalized spacial score (nSPS) is 14.4. The van der Waals surface area contributed by atoms with Crippen molar-refractivity contribution in [3.8, 4) is 10.7 Å². The molecule has 92 valence electrons. The Balaban J connectivity index is 2.01. The largest absolute Gasteiger partial charge is 0.477 e. The van der Waals surface area contributed by atoms with Crippen LogP contribution in [-0.2, 0) is 0 Å². The fourth-order valence-corrected chi connectivity index (χ4v) is 2.24. The molecule has 0 radical (unpaired) electrons. The molecule has 1 saturated carbocycles. The van der Waals surface area contributed by atoms with Crippen LogP contribution in [0.4, 0.5) is 5.82 Å². The van der Waals surface area contributed by atoms with Gasteiger partial charge in [0.05, 0.1) is 4.88 Å². The first-order valence-corrected chi connectivity index (χ1v) is 6.53. The van der Waals surface area contributed by atoms with E-state index >= 15 is 0 Å². The first-order valence-electron chi connectivity index (χ1n) is 5.65. The van der Waals surface area contributed by atoms with Crippen LogP contribution in [0.3, 0.4) is 0 Å². The number of nitrogens with one attached hydrogen (secondary N) is 1. The Morgan fingerprint density at radius 1 is 1.44 bits per heavy atom. The maximum atomic E-state index is 11.1. The average molecular weight is 261 g/mol. The van der Waals surface area contributed by atoms with Gasteiger partial charge in [-0.15, -0.1) is 11.3 Å². The molecule has 0 bridgehead atoms. The lowest BCUT2D eigenvalue weighted by Crippen LogP contribution is -2.08. The number of carbonyl (C=O) groups is 1. The van der Waals surface area contributed by atoms with Crippen molar-refractivity contribution < 1.29 is 9.90 Å². The van der Waals surface area contributed by atoms with Gasteiger partial charge in [0, 0.05) is 12.1 Å². The minimum Gasteiger partial charge on any atom is -0.477 e. The maximum Gasteiger partial charge on any atom is 0.354 e. The number of carboxylic acids is 1. The van der Waals surface area contributed by atoms with Crippen LogP contribution >= 0.6 is 11.3 Å². The minimum atomic E-state index is -1.03. The number of aromatic carboxylic acids is 1. The lowest BCUT2D eigenvalue weighted by molar-refractivity contribution is 0.0690. The van der Waals surface area contributed by atoms with Crippen molar-refractivity contribution in [1.82, 2.24) is 9.97 Å². The molecule has 1 fully saturated rings. The van der Waals surface area contributed by atoms with Crippen LogP contribution in [0.5, 0.6) is 0 Å². The predicted octanol–water partition coefficient (Wildman–Crippen LogP) is 2.48. The van der Waals surface area contributed by atoms with Gasteiger partial charge >= 0.3 is 5.97 Å². The molecule has 2 heterocycles. The van der Waals surface area contributed by atoms with Crippen LogP contribution in [0.25, 0.3) is 10.7 Å². The number of anilines is 1. The molecule has 5 nitrogen and oxygen atoms in total.